The van der Waals surface area contributed by atoms with Crippen molar-refractivity contribution in [2.45, 2.75) is 65.0 Å². The maximum Gasteiger partial charge on any atom is 0.433 e. The molecule has 1 aliphatic heterocycles. The molecule has 1 saturated heterocycles. The monoisotopic (exact) mass is 708 g/mol. The van der Waals surface area contributed by atoms with E-state index in [2.05, 4.69) is 19.8 Å². The number of aromatic amines is 1. The minimum atomic E-state index is -4.67. The van der Waals surface area contributed by atoms with Crippen LogP contribution in [0.4, 0.5) is 24.5 Å². The second kappa shape index (κ2) is 15.5. The van der Waals surface area contributed by atoms with Crippen molar-refractivity contribution >= 4 is 28.5 Å². The zero-order valence-corrected chi connectivity index (χ0v) is 29.8. The number of benzene rings is 1. The zero-order chi connectivity index (χ0) is 36.2. The fourth-order valence-electron chi connectivity index (χ4n) is 7.59. The third-order valence-electron chi connectivity index (χ3n) is 10.1. The van der Waals surface area contributed by atoms with E-state index in [1.54, 1.807) is 14.0 Å². The Labute approximate surface area is 296 Å². The van der Waals surface area contributed by atoms with Crippen LogP contribution in [0.15, 0.2) is 42.5 Å². The van der Waals surface area contributed by atoms with Crippen molar-refractivity contribution in [2.75, 3.05) is 63.4 Å². The molecule has 13 heteroatoms. The van der Waals surface area contributed by atoms with E-state index >= 15 is 0 Å². The number of aromatic nitrogens is 4. The Morgan fingerprint density at radius 3 is 2.35 bits per heavy atom. The maximum absolute atomic E-state index is 14.0. The minimum Gasteiger partial charge on any atom is -0.478 e. The lowest BCUT2D eigenvalue weighted by atomic mass is 9.74. The van der Waals surface area contributed by atoms with E-state index in [9.17, 15) is 18.0 Å². The molecule has 4 aromatic rings. The summed E-state index contributed by atoms with van der Waals surface area (Å²) in [7, 11) is 3.74. The number of ether oxygens (including phenoxy) is 3. The average molecular weight is 709 g/mol. The Bertz CT molecular complexity index is 1790. The van der Waals surface area contributed by atoms with Crippen LogP contribution in [-0.2, 0) is 20.4 Å². The average Bonchev–Trinajstić information content (AvgIpc) is 3.56. The van der Waals surface area contributed by atoms with Gasteiger partial charge in [0.1, 0.15) is 17.0 Å². The lowest BCUT2D eigenvalue weighted by Crippen LogP contribution is -2.40. The number of carbonyl (C=O) groups excluding carboxylic acids is 1. The molecule has 2 fully saturated rings. The molecule has 1 saturated carbocycles. The number of nitrogens with zero attached hydrogens (tertiary/aromatic N) is 5. The van der Waals surface area contributed by atoms with Gasteiger partial charge in [0, 0.05) is 62.1 Å². The lowest BCUT2D eigenvalue weighted by molar-refractivity contribution is -0.148. The highest BCUT2D eigenvalue weighted by Gasteiger charge is 2.36. The minimum absolute atomic E-state index is 0.0524. The number of nitrogens with one attached hydrogen (secondary N) is 1. The van der Waals surface area contributed by atoms with Crippen molar-refractivity contribution in [3.8, 4) is 28.5 Å². The number of rotatable bonds is 12. The Kier molecular flexibility index (Phi) is 11.0. The number of anilines is 2. The van der Waals surface area contributed by atoms with E-state index in [0.717, 1.165) is 74.6 Å². The van der Waals surface area contributed by atoms with E-state index in [4.69, 9.17) is 24.2 Å². The molecule has 2 aliphatic rings. The second-order valence-electron chi connectivity index (χ2n) is 13.7. The molecular weight excluding hydrogens is 661 g/mol. The highest BCUT2D eigenvalue weighted by Crippen LogP contribution is 2.41. The van der Waals surface area contributed by atoms with Crippen LogP contribution in [0, 0.1) is 11.3 Å². The van der Waals surface area contributed by atoms with Gasteiger partial charge in [-0.25, -0.2) is 15.0 Å². The molecule has 0 atom stereocenters. The topological polar surface area (TPSA) is 106 Å². The lowest BCUT2D eigenvalue weighted by Gasteiger charge is -2.40. The summed E-state index contributed by atoms with van der Waals surface area (Å²) in [5, 5.41) is 0. The first-order valence-electron chi connectivity index (χ1n) is 17.9. The summed E-state index contributed by atoms with van der Waals surface area (Å²) < 4.78 is 58.2. The van der Waals surface area contributed by atoms with E-state index in [1.165, 1.54) is 12.5 Å². The van der Waals surface area contributed by atoms with Crippen LogP contribution in [0.5, 0.6) is 5.88 Å². The van der Waals surface area contributed by atoms with Gasteiger partial charge in [-0.05, 0) is 75.9 Å². The summed E-state index contributed by atoms with van der Waals surface area (Å²) in [5.41, 5.74) is 3.24. The first-order chi connectivity index (χ1) is 24.5. The van der Waals surface area contributed by atoms with Crippen LogP contribution >= 0.6 is 0 Å². The summed E-state index contributed by atoms with van der Waals surface area (Å²) in [6.07, 6.45) is 2.33. The SMILES string of the molecule is CCOC(=O)C1CCN(c2ccc(-c3nc4nc(-c5cc(OCC)nc(C(F)(F)F)c5)cc(N(C)CC5(COC)CCCCC5)c4[nH]3)cc2)CC1. The summed E-state index contributed by atoms with van der Waals surface area (Å²) in [5.74, 6) is 0.294. The summed E-state index contributed by atoms with van der Waals surface area (Å²) >= 11 is 0. The number of hydrogen-bond donors (Lipinski definition) is 1. The first kappa shape index (κ1) is 36.4. The molecule has 0 bridgehead atoms. The largest absolute Gasteiger partial charge is 0.478 e. The quantitative estimate of drug-likeness (QED) is 0.147. The Morgan fingerprint density at radius 2 is 1.71 bits per heavy atom. The van der Waals surface area contributed by atoms with Crippen molar-refractivity contribution in [1.82, 2.24) is 19.9 Å². The van der Waals surface area contributed by atoms with Gasteiger partial charge in [0.2, 0.25) is 5.88 Å². The van der Waals surface area contributed by atoms with Crippen LogP contribution in [0.2, 0.25) is 0 Å². The van der Waals surface area contributed by atoms with Gasteiger partial charge in [-0.15, -0.1) is 0 Å². The molecule has 6 rings (SSSR count). The molecule has 4 heterocycles. The predicted molar refractivity (Wildman–Crippen MR) is 191 cm³/mol. The molecule has 274 valence electrons. The molecule has 0 radical (unpaired) electrons. The van der Waals surface area contributed by atoms with Crippen molar-refractivity contribution in [1.29, 1.82) is 0 Å². The van der Waals surface area contributed by atoms with Crippen molar-refractivity contribution in [2.24, 2.45) is 11.3 Å². The molecular formula is C38H47F3N6O4. The van der Waals surface area contributed by atoms with Crippen LogP contribution in [0.3, 0.4) is 0 Å². The van der Waals surface area contributed by atoms with Gasteiger partial charge in [0.25, 0.3) is 0 Å². The number of carbonyl (C=O) groups is 1. The van der Waals surface area contributed by atoms with E-state index in [-0.39, 0.29) is 35.4 Å². The molecule has 51 heavy (non-hydrogen) atoms. The number of alkyl halides is 3. The summed E-state index contributed by atoms with van der Waals surface area (Å²) in [6, 6.07) is 12.4. The van der Waals surface area contributed by atoms with Crippen LogP contribution < -0.4 is 14.5 Å². The van der Waals surface area contributed by atoms with Crippen LogP contribution in [-0.4, -0.2) is 79.5 Å². The Morgan fingerprint density at radius 1 is 0.980 bits per heavy atom. The summed E-state index contributed by atoms with van der Waals surface area (Å²) in [6.45, 7) is 6.93. The number of pyridine rings is 2. The predicted octanol–water partition coefficient (Wildman–Crippen LogP) is 7.92. The highest BCUT2D eigenvalue weighted by molar-refractivity contribution is 5.91. The number of imidazole rings is 1. The third kappa shape index (κ3) is 8.24. The number of hydrogen-bond acceptors (Lipinski definition) is 9. The van der Waals surface area contributed by atoms with Gasteiger partial charge < -0.3 is 29.0 Å². The zero-order valence-electron chi connectivity index (χ0n) is 29.8. The third-order valence-corrected chi connectivity index (χ3v) is 10.1. The van der Waals surface area contributed by atoms with Crippen LogP contribution in [0.25, 0.3) is 33.8 Å². The summed E-state index contributed by atoms with van der Waals surface area (Å²) in [4.78, 5) is 33.5. The number of piperidine rings is 1. The normalized spacial score (nSPS) is 16.7. The standard InChI is InChI=1S/C38H47F3N6O4/c1-5-50-32-21-27(20-31(43-32)38(39,40)41)29-22-30(46(3)23-37(24-49-4)16-8-7-9-17-37)33-35(42-29)45-34(44-33)25-10-12-28(13-11-25)47-18-14-26(15-19-47)36(48)51-6-2/h10-13,20-22,26H,5-9,14-19,23-24H2,1-4H3,(H,42,44,45). The smallest absolute Gasteiger partial charge is 0.433 e. The van der Waals surface area contributed by atoms with Gasteiger partial charge in [0.05, 0.1) is 37.1 Å². The van der Waals surface area contributed by atoms with Gasteiger partial charge >= 0.3 is 12.1 Å². The van der Waals surface area contributed by atoms with E-state index < -0.39 is 11.9 Å². The van der Waals surface area contributed by atoms with Crippen molar-refractivity contribution < 1.29 is 32.2 Å². The number of methoxy groups -OCH3 is 1. The Hall–Kier alpha value is -4.39. The molecule has 1 N–H and O–H groups in total. The fraction of sp³-hybridized carbons (Fsp3) is 0.526. The van der Waals surface area contributed by atoms with Gasteiger partial charge in [-0.1, -0.05) is 19.3 Å². The van der Waals surface area contributed by atoms with Gasteiger partial charge in [0.15, 0.2) is 5.65 Å². The fourth-order valence-corrected chi connectivity index (χ4v) is 7.59. The maximum atomic E-state index is 14.0. The number of H-pyrrole nitrogens is 1. The molecule has 0 unspecified atom stereocenters. The van der Waals surface area contributed by atoms with E-state index in [1.807, 2.05) is 44.3 Å². The molecule has 3 aromatic heterocycles. The van der Waals surface area contributed by atoms with Crippen LogP contribution in [0.1, 0.15) is 64.5 Å². The van der Waals surface area contributed by atoms with E-state index in [0.29, 0.717) is 42.4 Å². The number of halogens is 3. The molecule has 1 aromatic carbocycles. The van der Waals surface area contributed by atoms with Gasteiger partial charge in [-0.3, -0.25) is 4.79 Å². The number of esters is 1. The molecule has 10 nitrogen and oxygen atoms in total. The Balaban J connectivity index is 1.36. The molecule has 0 spiro atoms. The van der Waals surface area contributed by atoms with Crippen molar-refractivity contribution in [3.63, 3.8) is 0 Å². The van der Waals surface area contributed by atoms with Gasteiger partial charge in [-0.2, -0.15) is 13.2 Å². The highest BCUT2D eigenvalue weighted by atomic mass is 19.4. The molecule has 0 amide bonds. The van der Waals surface area contributed by atoms with Crippen molar-refractivity contribution in [3.05, 3.63) is 48.2 Å². The number of fused-ring (bicyclic) bond motifs is 1. The first-order valence-corrected chi connectivity index (χ1v) is 17.9. The second-order valence-corrected chi connectivity index (χ2v) is 13.7. The molecule has 1 aliphatic carbocycles.